The van der Waals surface area contributed by atoms with Gasteiger partial charge in [-0.15, -0.1) is 0 Å². The van der Waals surface area contributed by atoms with E-state index in [0.29, 0.717) is 13.2 Å². The molecule has 0 aromatic rings. The first-order valence-corrected chi connectivity index (χ1v) is 4.51. The van der Waals surface area contributed by atoms with E-state index in [4.69, 9.17) is 4.74 Å². The van der Waals surface area contributed by atoms with Gasteiger partial charge in [-0.2, -0.15) is 0 Å². The van der Waals surface area contributed by atoms with Gasteiger partial charge in [0.1, 0.15) is 0 Å². The Bertz CT molecular complexity index is 168. The van der Waals surface area contributed by atoms with Crippen LogP contribution in [0, 0.1) is 5.92 Å². The maximum atomic E-state index is 11.6. The first-order chi connectivity index (χ1) is 5.63. The van der Waals surface area contributed by atoms with Crippen LogP contribution in [0.3, 0.4) is 0 Å². The molecule has 0 aromatic carbocycles. The molecule has 0 spiro atoms. The molecule has 1 aliphatic rings. The Labute approximate surface area is 73.7 Å². The van der Waals surface area contributed by atoms with E-state index in [9.17, 15) is 4.79 Å². The van der Waals surface area contributed by atoms with E-state index in [1.165, 1.54) is 0 Å². The standard InChI is InChI=1S/C9H17NO2/c1-7(2)9(11)10-4-5-12-6-8(10)3/h7-8H,4-6H2,1-3H3. The van der Waals surface area contributed by atoms with E-state index < -0.39 is 0 Å². The quantitative estimate of drug-likeness (QED) is 0.586. The van der Waals surface area contributed by atoms with Crippen molar-refractivity contribution in [1.29, 1.82) is 0 Å². The Morgan fingerprint density at radius 2 is 2.25 bits per heavy atom. The fourth-order valence-electron chi connectivity index (χ4n) is 1.39. The molecule has 0 N–H and O–H groups in total. The van der Waals surface area contributed by atoms with Gasteiger partial charge in [0, 0.05) is 12.5 Å². The molecule has 1 heterocycles. The largest absolute Gasteiger partial charge is 0.377 e. The Morgan fingerprint density at radius 1 is 1.58 bits per heavy atom. The van der Waals surface area contributed by atoms with Crippen molar-refractivity contribution >= 4 is 5.91 Å². The minimum absolute atomic E-state index is 0.102. The smallest absolute Gasteiger partial charge is 0.225 e. The number of nitrogens with zero attached hydrogens (tertiary/aromatic N) is 1. The number of rotatable bonds is 1. The molecule has 3 heteroatoms. The minimum Gasteiger partial charge on any atom is -0.377 e. The zero-order chi connectivity index (χ0) is 9.14. The minimum atomic E-state index is 0.102. The van der Waals surface area contributed by atoms with Crippen LogP contribution >= 0.6 is 0 Å². The van der Waals surface area contributed by atoms with Gasteiger partial charge in [0.15, 0.2) is 0 Å². The normalized spacial score (nSPS) is 24.7. The molecule has 0 bridgehead atoms. The van der Waals surface area contributed by atoms with E-state index in [1.54, 1.807) is 0 Å². The van der Waals surface area contributed by atoms with E-state index in [0.717, 1.165) is 6.54 Å². The van der Waals surface area contributed by atoms with Crippen LogP contribution in [0.2, 0.25) is 0 Å². The summed E-state index contributed by atoms with van der Waals surface area (Å²) in [6.45, 7) is 8.01. The lowest BCUT2D eigenvalue weighted by Crippen LogP contribution is -2.48. The van der Waals surface area contributed by atoms with Crippen molar-refractivity contribution in [3.63, 3.8) is 0 Å². The molecular weight excluding hydrogens is 154 g/mol. The average molecular weight is 171 g/mol. The molecule has 1 rings (SSSR count). The molecule has 0 aromatic heterocycles. The van der Waals surface area contributed by atoms with Crippen LogP contribution < -0.4 is 0 Å². The summed E-state index contributed by atoms with van der Waals surface area (Å²) in [5.74, 6) is 0.344. The lowest BCUT2D eigenvalue weighted by Gasteiger charge is -2.34. The highest BCUT2D eigenvalue weighted by molar-refractivity contribution is 5.78. The van der Waals surface area contributed by atoms with E-state index in [-0.39, 0.29) is 17.9 Å². The molecule has 3 nitrogen and oxygen atoms in total. The summed E-state index contributed by atoms with van der Waals surface area (Å²) in [6, 6.07) is 0.244. The van der Waals surface area contributed by atoms with Gasteiger partial charge in [0.25, 0.3) is 0 Å². The third-order valence-corrected chi connectivity index (χ3v) is 2.14. The highest BCUT2D eigenvalue weighted by Gasteiger charge is 2.24. The molecule has 1 amide bonds. The van der Waals surface area contributed by atoms with E-state index in [1.807, 2.05) is 25.7 Å². The second-order valence-corrected chi connectivity index (χ2v) is 3.61. The number of amides is 1. The van der Waals surface area contributed by atoms with Gasteiger partial charge < -0.3 is 9.64 Å². The second kappa shape index (κ2) is 3.90. The number of carbonyl (C=O) groups excluding carboxylic acids is 1. The fraction of sp³-hybridized carbons (Fsp3) is 0.889. The molecule has 1 saturated heterocycles. The lowest BCUT2D eigenvalue weighted by atomic mass is 10.1. The zero-order valence-electron chi connectivity index (χ0n) is 8.04. The SMILES string of the molecule is CC(C)C(=O)N1CCOCC1C. The van der Waals surface area contributed by atoms with Crippen molar-refractivity contribution in [2.24, 2.45) is 5.92 Å². The molecular formula is C9H17NO2. The van der Waals surface area contributed by atoms with Gasteiger partial charge in [0.05, 0.1) is 19.3 Å². The Kier molecular flexibility index (Phi) is 3.09. The lowest BCUT2D eigenvalue weighted by molar-refractivity contribution is -0.142. The number of ether oxygens (including phenoxy) is 1. The van der Waals surface area contributed by atoms with Crippen LogP contribution in [0.25, 0.3) is 0 Å². The van der Waals surface area contributed by atoms with Crippen molar-refractivity contribution in [2.45, 2.75) is 26.8 Å². The van der Waals surface area contributed by atoms with Gasteiger partial charge in [-0.1, -0.05) is 13.8 Å². The van der Waals surface area contributed by atoms with Crippen LogP contribution in [0.1, 0.15) is 20.8 Å². The third-order valence-electron chi connectivity index (χ3n) is 2.14. The number of carbonyl (C=O) groups is 1. The molecule has 0 radical (unpaired) electrons. The summed E-state index contributed by atoms with van der Waals surface area (Å²) in [5.41, 5.74) is 0. The van der Waals surface area contributed by atoms with Crippen LogP contribution in [0.4, 0.5) is 0 Å². The summed E-state index contributed by atoms with van der Waals surface area (Å²) in [6.07, 6.45) is 0. The molecule has 0 saturated carbocycles. The summed E-state index contributed by atoms with van der Waals surface area (Å²) in [5, 5.41) is 0. The summed E-state index contributed by atoms with van der Waals surface area (Å²) < 4.78 is 5.25. The Hall–Kier alpha value is -0.570. The molecule has 0 aliphatic carbocycles. The Morgan fingerprint density at radius 3 is 2.75 bits per heavy atom. The molecule has 12 heavy (non-hydrogen) atoms. The molecule has 1 aliphatic heterocycles. The predicted octanol–water partition coefficient (Wildman–Crippen LogP) is 0.890. The van der Waals surface area contributed by atoms with E-state index >= 15 is 0 Å². The van der Waals surface area contributed by atoms with Crippen molar-refractivity contribution < 1.29 is 9.53 Å². The van der Waals surface area contributed by atoms with Crippen molar-refractivity contribution in [1.82, 2.24) is 4.90 Å². The van der Waals surface area contributed by atoms with Crippen LogP contribution in [0.15, 0.2) is 0 Å². The van der Waals surface area contributed by atoms with Gasteiger partial charge in [0.2, 0.25) is 5.91 Å². The first kappa shape index (κ1) is 9.52. The summed E-state index contributed by atoms with van der Waals surface area (Å²) in [4.78, 5) is 13.5. The van der Waals surface area contributed by atoms with Gasteiger partial charge in [-0.3, -0.25) is 4.79 Å². The van der Waals surface area contributed by atoms with Crippen LogP contribution in [-0.2, 0) is 9.53 Å². The number of hydrogen-bond donors (Lipinski definition) is 0. The highest BCUT2D eigenvalue weighted by Crippen LogP contribution is 2.10. The van der Waals surface area contributed by atoms with Crippen LogP contribution in [0.5, 0.6) is 0 Å². The van der Waals surface area contributed by atoms with Gasteiger partial charge >= 0.3 is 0 Å². The number of morpholine rings is 1. The summed E-state index contributed by atoms with van der Waals surface area (Å²) >= 11 is 0. The predicted molar refractivity (Wildman–Crippen MR) is 46.8 cm³/mol. The van der Waals surface area contributed by atoms with Gasteiger partial charge in [-0.05, 0) is 6.92 Å². The molecule has 70 valence electrons. The van der Waals surface area contributed by atoms with Gasteiger partial charge in [-0.25, -0.2) is 0 Å². The second-order valence-electron chi connectivity index (χ2n) is 3.61. The first-order valence-electron chi connectivity index (χ1n) is 4.51. The maximum Gasteiger partial charge on any atom is 0.225 e. The highest BCUT2D eigenvalue weighted by atomic mass is 16.5. The molecule has 1 unspecified atom stereocenters. The monoisotopic (exact) mass is 171 g/mol. The Balaban J connectivity index is 2.53. The maximum absolute atomic E-state index is 11.6. The fourth-order valence-corrected chi connectivity index (χ4v) is 1.39. The van der Waals surface area contributed by atoms with Crippen molar-refractivity contribution in [2.75, 3.05) is 19.8 Å². The summed E-state index contributed by atoms with van der Waals surface area (Å²) in [7, 11) is 0. The molecule has 1 fully saturated rings. The van der Waals surface area contributed by atoms with E-state index in [2.05, 4.69) is 0 Å². The number of hydrogen-bond acceptors (Lipinski definition) is 2. The average Bonchev–Trinajstić information content (AvgIpc) is 2.04. The van der Waals surface area contributed by atoms with Crippen molar-refractivity contribution in [3.8, 4) is 0 Å². The topological polar surface area (TPSA) is 29.5 Å². The van der Waals surface area contributed by atoms with Crippen molar-refractivity contribution in [3.05, 3.63) is 0 Å². The van der Waals surface area contributed by atoms with Crippen LogP contribution in [-0.4, -0.2) is 36.6 Å². The zero-order valence-corrected chi connectivity index (χ0v) is 8.04. The molecule has 1 atom stereocenters. The third kappa shape index (κ3) is 1.97.